The minimum absolute atomic E-state index is 0.00890. The fourth-order valence-electron chi connectivity index (χ4n) is 8.76. The van der Waals surface area contributed by atoms with Crippen LogP contribution in [0, 0.1) is 6.92 Å². The number of aryl methyl sites for hydroxylation is 1. The Kier molecular flexibility index (Phi) is 17.7. The Balaban J connectivity index is 0.699. The van der Waals surface area contributed by atoms with Crippen molar-refractivity contribution in [1.82, 2.24) is 30.3 Å². The van der Waals surface area contributed by atoms with Gasteiger partial charge in [-0.05, 0) is 91.4 Å². The van der Waals surface area contributed by atoms with E-state index in [2.05, 4.69) is 36.8 Å². The van der Waals surface area contributed by atoms with Crippen molar-refractivity contribution in [3.8, 4) is 0 Å². The van der Waals surface area contributed by atoms with E-state index in [4.69, 9.17) is 18.9 Å². The maximum atomic E-state index is 13.5. The van der Waals surface area contributed by atoms with Crippen molar-refractivity contribution in [3.63, 3.8) is 0 Å². The van der Waals surface area contributed by atoms with Crippen LogP contribution in [0.15, 0.2) is 78.9 Å². The molecule has 2 fully saturated rings. The van der Waals surface area contributed by atoms with Gasteiger partial charge in [0, 0.05) is 88.0 Å². The SMILES string of the molecule is Cc1ccc(C(=O)NCCOCCOCCOCCOCCC(=O)Nc2ccc(CNC(=O)c3ccc4n3CCN(Cc3ccc(C(=O)N(C)C)cc3)C43CCC3)cc2)cc1N1CCC(=O)NC1=O. The average Bonchev–Trinajstić information content (AvgIpc) is 3.77. The van der Waals surface area contributed by atoms with Crippen LogP contribution in [0.3, 0.4) is 0 Å². The second-order valence-electron chi connectivity index (χ2n) is 17.6. The minimum atomic E-state index is -0.501. The highest BCUT2D eigenvalue weighted by Gasteiger charge is 2.48. The van der Waals surface area contributed by atoms with Crippen molar-refractivity contribution in [2.75, 3.05) is 96.8 Å². The van der Waals surface area contributed by atoms with Crippen LogP contribution < -0.4 is 26.2 Å². The lowest BCUT2D eigenvalue weighted by molar-refractivity contribution is -0.120. The number of hydrogen-bond acceptors (Lipinski definition) is 11. The number of imide groups is 1. The van der Waals surface area contributed by atoms with E-state index >= 15 is 0 Å². The van der Waals surface area contributed by atoms with Gasteiger partial charge in [-0.15, -0.1) is 0 Å². The number of nitrogens with zero attached hydrogens (tertiary/aromatic N) is 4. The van der Waals surface area contributed by atoms with Crippen LogP contribution >= 0.6 is 0 Å². The second kappa shape index (κ2) is 24.2. The van der Waals surface area contributed by atoms with Crippen LogP contribution in [-0.4, -0.2) is 137 Å². The summed E-state index contributed by atoms with van der Waals surface area (Å²) in [5, 5.41) is 11.1. The Morgan fingerprint density at radius 1 is 0.710 bits per heavy atom. The molecule has 0 bridgehead atoms. The maximum absolute atomic E-state index is 13.5. The number of aromatic nitrogens is 1. The lowest BCUT2D eigenvalue weighted by atomic mass is 9.71. The van der Waals surface area contributed by atoms with Gasteiger partial charge in [0.15, 0.2) is 0 Å². The monoisotopic (exact) mass is 948 g/mol. The van der Waals surface area contributed by atoms with Crippen molar-refractivity contribution < 1.29 is 47.7 Å². The molecule has 0 atom stereocenters. The van der Waals surface area contributed by atoms with Crippen LogP contribution in [0.2, 0.25) is 0 Å². The molecular formula is C51H64N8O10. The number of ether oxygens (including phenoxy) is 4. The molecule has 1 aliphatic carbocycles. The van der Waals surface area contributed by atoms with Crippen molar-refractivity contribution in [1.29, 1.82) is 0 Å². The van der Waals surface area contributed by atoms with Gasteiger partial charge in [-0.1, -0.05) is 30.3 Å². The van der Waals surface area contributed by atoms with E-state index in [9.17, 15) is 28.8 Å². The molecule has 7 rings (SSSR count). The highest BCUT2D eigenvalue weighted by atomic mass is 16.6. The highest BCUT2D eigenvalue weighted by molar-refractivity contribution is 6.06. The molecular weight excluding hydrogens is 885 g/mol. The molecule has 18 heteroatoms. The van der Waals surface area contributed by atoms with Crippen molar-refractivity contribution in [3.05, 3.63) is 118 Å². The van der Waals surface area contributed by atoms with Crippen LogP contribution in [0.1, 0.15) is 85.7 Å². The standard InChI is InChI=1S/C51H64N8O10/c1-36-5-10-40(33-43(36)59-22-17-45(60)55-50(59)65)47(62)52-21-26-67-28-30-69-32-31-68-29-27-66-25-18-46(61)54-41-13-8-37(9-14-41)34-53-48(63)42-15-16-44-51(19-4-20-51)57(23-24-58(42)44)35-38-6-11-39(12-7-38)49(64)56(2)3/h5-16,33H,4,17-32,34-35H2,1-3H3,(H,52,62)(H,53,63)(H,54,61)(H,55,60,65). The smallest absolute Gasteiger partial charge is 0.328 e. The molecule has 2 aliphatic heterocycles. The van der Waals surface area contributed by atoms with Crippen molar-refractivity contribution in [2.24, 2.45) is 0 Å². The first kappa shape index (κ1) is 50.4. The van der Waals surface area contributed by atoms with Gasteiger partial charge in [0.05, 0.1) is 64.8 Å². The van der Waals surface area contributed by atoms with E-state index < -0.39 is 6.03 Å². The van der Waals surface area contributed by atoms with Crippen LogP contribution in [0.4, 0.5) is 16.2 Å². The summed E-state index contributed by atoms with van der Waals surface area (Å²) in [5.41, 5.74) is 6.97. The summed E-state index contributed by atoms with van der Waals surface area (Å²) in [6, 6.07) is 23.9. The van der Waals surface area contributed by atoms with Crippen LogP contribution in [-0.2, 0) is 53.7 Å². The predicted molar refractivity (Wildman–Crippen MR) is 258 cm³/mol. The zero-order valence-electron chi connectivity index (χ0n) is 39.8. The molecule has 1 saturated heterocycles. The zero-order valence-corrected chi connectivity index (χ0v) is 39.8. The minimum Gasteiger partial charge on any atom is -0.379 e. The summed E-state index contributed by atoms with van der Waals surface area (Å²) in [5.74, 6) is -0.913. The third-order valence-electron chi connectivity index (χ3n) is 12.7. The molecule has 3 aliphatic rings. The van der Waals surface area contributed by atoms with Crippen LogP contribution in [0.5, 0.6) is 0 Å². The topological polar surface area (TPSA) is 202 Å². The Bertz CT molecular complexity index is 2430. The molecule has 1 spiro atoms. The quantitative estimate of drug-likeness (QED) is 0.0716. The van der Waals surface area contributed by atoms with Gasteiger partial charge < -0.3 is 44.4 Å². The molecule has 1 aromatic heterocycles. The summed E-state index contributed by atoms with van der Waals surface area (Å²) in [6.07, 6.45) is 3.62. The summed E-state index contributed by atoms with van der Waals surface area (Å²) < 4.78 is 24.4. The van der Waals surface area contributed by atoms with Gasteiger partial charge in [0.1, 0.15) is 5.69 Å². The first-order valence-corrected chi connectivity index (χ1v) is 23.7. The number of benzene rings is 3. The first-order valence-electron chi connectivity index (χ1n) is 23.7. The molecule has 0 unspecified atom stereocenters. The number of fused-ring (bicyclic) bond motifs is 2. The van der Waals surface area contributed by atoms with Gasteiger partial charge in [-0.3, -0.25) is 39.1 Å². The summed E-state index contributed by atoms with van der Waals surface area (Å²) in [7, 11) is 3.51. The number of urea groups is 1. The third-order valence-corrected chi connectivity index (χ3v) is 12.7. The van der Waals surface area contributed by atoms with Gasteiger partial charge in [-0.25, -0.2) is 4.79 Å². The third kappa shape index (κ3) is 13.2. The Morgan fingerprint density at radius 3 is 2.01 bits per heavy atom. The first-order chi connectivity index (χ1) is 33.4. The number of hydrogen-bond donors (Lipinski definition) is 4. The average molecular weight is 949 g/mol. The molecule has 4 aromatic rings. The Labute approximate surface area is 402 Å². The summed E-state index contributed by atoms with van der Waals surface area (Å²) >= 11 is 0. The number of nitrogens with one attached hydrogen (secondary N) is 4. The van der Waals surface area contributed by atoms with Gasteiger partial charge in [-0.2, -0.15) is 0 Å². The lowest BCUT2D eigenvalue weighted by Gasteiger charge is -2.53. The number of carbonyl (C=O) groups excluding carboxylic acids is 6. The van der Waals surface area contributed by atoms with E-state index in [1.807, 2.05) is 61.5 Å². The molecule has 3 heterocycles. The zero-order chi connectivity index (χ0) is 48.8. The molecule has 7 amide bonds. The van der Waals surface area contributed by atoms with Gasteiger partial charge in [0.25, 0.3) is 17.7 Å². The molecule has 69 heavy (non-hydrogen) atoms. The predicted octanol–water partition coefficient (Wildman–Crippen LogP) is 4.59. The van der Waals surface area contributed by atoms with E-state index in [0.717, 1.165) is 55.6 Å². The second-order valence-corrected chi connectivity index (χ2v) is 17.6. The Morgan fingerprint density at radius 2 is 1.36 bits per heavy atom. The highest BCUT2D eigenvalue weighted by Crippen LogP contribution is 2.49. The summed E-state index contributed by atoms with van der Waals surface area (Å²) in [4.78, 5) is 80.4. The lowest BCUT2D eigenvalue weighted by Crippen LogP contribution is -2.56. The molecule has 0 radical (unpaired) electrons. The molecule has 368 valence electrons. The fraction of sp³-hybridized carbons (Fsp3) is 0.451. The normalized spacial score (nSPS) is 15.3. The number of rotatable bonds is 24. The molecule has 4 N–H and O–H groups in total. The Hall–Kier alpha value is -6.44. The van der Waals surface area contributed by atoms with E-state index in [1.165, 1.54) is 10.6 Å². The van der Waals surface area contributed by atoms with E-state index in [1.54, 1.807) is 37.2 Å². The van der Waals surface area contributed by atoms with Gasteiger partial charge >= 0.3 is 6.03 Å². The summed E-state index contributed by atoms with van der Waals surface area (Å²) in [6.45, 7) is 7.78. The molecule has 1 saturated carbocycles. The fourth-order valence-corrected chi connectivity index (χ4v) is 8.76. The number of anilines is 2. The van der Waals surface area contributed by atoms with Crippen molar-refractivity contribution >= 4 is 46.9 Å². The number of carbonyl (C=O) groups is 6. The van der Waals surface area contributed by atoms with Crippen molar-refractivity contribution in [2.45, 2.75) is 64.2 Å². The maximum Gasteiger partial charge on any atom is 0.328 e. The van der Waals surface area contributed by atoms with Crippen LogP contribution in [0.25, 0.3) is 0 Å². The largest absolute Gasteiger partial charge is 0.379 e. The molecule has 3 aromatic carbocycles. The molecule has 18 nitrogen and oxygen atoms in total. The van der Waals surface area contributed by atoms with E-state index in [-0.39, 0.29) is 61.1 Å². The van der Waals surface area contributed by atoms with Gasteiger partial charge in [0.2, 0.25) is 11.8 Å². The van der Waals surface area contributed by atoms with E-state index in [0.29, 0.717) is 87.5 Å². The number of amides is 7.